The second kappa shape index (κ2) is 4.91. The molecule has 1 spiro atoms. The molecule has 3 rings (SSSR count). The fourth-order valence-electron chi connectivity index (χ4n) is 3.93. The summed E-state index contributed by atoms with van der Waals surface area (Å²) >= 11 is 0. The molecule has 0 aromatic heterocycles. The van der Waals surface area contributed by atoms with Crippen molar-refractivity contribution >= 4 is 0 Å². The molecule has 0 aromatic rings. The van der Waals surface area contributed by atoms with Crippen molar-refractivity contribution in [2.24, 2.45) is 10.8 Å². The van der Waals surface area contributed by atoms with E-state index in [9.17, 15) is 8.78 Å². The van der Waals surface area contributed by atoms with Crippen LogP contribution in [0.2, 0.25) is 0 Å². The molecule has 4 heteroatoms. The standard InChI is InChI=1S/C16H27F2NO/c1-13(2)20-12-15(3-4-15)11-19-7-5-14(6-8-19)9-16(17,18)10-14/h13H,3-12H2,1-2H3. The van der Waals surface area contributed by atoms with Gasteiger partial charge in [-0.3, -0.25) is 0 Å². The molecular weight excluding hydrogens is 260 g/mol. The maximum Gasteiger partial charge on any atom is 0.249 e. The number of likely N-dealkylation sites (tertiary alicyclic amines) is 1. The molecule has 0 amide bonds. The van der Waals surface area contributed by atoms with Crippen molar-refractivity contribution in [3.05, 3.63) is 0 Å². The molecule has 0 atom stereocenters. The van der Waals surface area contributed by atoms with Crippen LogP contribution in [-0.4, -0.2) is 43.2 Å². The maximum atomic E-state index is 13.1. The minimum absolute atomic E-state index is 0.0227. The number of alkyl halides is 2. The van der Waals surface area contributed by atoms with E-state index in [1.807, 2.05) is 0 Å². The van der Waals surface area contributed by atoms with Crippen LogP contribution in [0.15, 0.2) is 0 Å². The fourth-order valence-corrected chi connectivity index (χ4v) is 3.93. The van der Waals surface area contributed by atoms with Crippen LogP contribution in [0.3, 0.4) is 0 Å². The molecule has 116 valence electrons. The van der Waals surface area contributed by atoms with E-state index in [-0.39, 0.29) is 18.3 Å². The Morgan fingerprint density at radius 1 is 1.05 bits per heavy atom. The van der Waals surface area contributed by atoms with Gasteiger partial charge in [0.05, 0.1) is 12.7 Å². The van der Waals surface area contributed by atoms with E-state index in [4.69, 9.17) is 4.74 Å². The third-order valence-electron chi connectivity index (χ3n) is 5.42. The Morgan fingerprint density at radius 2 is 1.65 bits per heavy atom. The number of hydrogen-bond donors (Lipinski definition) is 0. The first-order valence-electron chi connectivity index (χ1n) is 8.04. The van der Waals surface area contributed by atoms with Crippen molar-refractivity contribution in [2.75, 3.05) is 26.2 Å². The van der Waals surface area contributed by atoms with Gasteiger partial charge in [-0.25, -0.2) is 8.78 Å². The molecule has 0 radical (unpaired) electrons. The Labute approximate surface area is 120 Å². The monoisotopic (exact) mass is 287 g/mol. The number of ether oxygens (including phenoxy) is 1. The average molecular weight is 287 g/mol. The second-order valence-electron chi connectivity index (χ2n) is 7.85. The number of piperidine rings is 1. The molecule has 0 aromatic carbocycles. The molecule has 20 heavy (non-hydrogen) atoms. The molecule has 0 bridgehead atoms. The summed E-state index contributed by atoms with van der Waals surface area (Å²) in [5.41, 5.74) is 0.351. The van der Waals surface area contributed by atoms with E-state index in [1.54, 1.807) is 0 Å². The van der Waals surface area contributed by atoms with Crippen molar-refractivity contribution in [3.63, 3.8) is 0 Å². The Morgan fingerprint density at radius 3 is 2.10 bits per heavy atom. The number of nitrogens with zero attached hydrogens (tertiary/aromatic N) is 1. The zero-order valence-corrected chi connectivity index (χ0v) is 12.8. The predicted octanol–water partition coefficient (Wildman–Crippen LogP) is 3.70. The summed E-state index contributed by atoms with van der Waals surface area (Å²) in [7, 11) is 0. The smallest absolute Gasteiger partial charge is 0.249 e. The molecule has 1 aliphatic heterocycles. The third-order valence-corrected chi connectivity index (χ3v) is 5.42. The summed E-state index contributed by atoms with van der Waals surface area (Å²) in [6.07, 6.45) is 5.02. The average Bonchev–Trinajstić information content (AvgIpc) is 3.08. The summed E-state index contributed by atoms with van der Waals surface area (Å²) in [4.78, 5) is 2.48. The van der Waals surface area contributed by atoms with Gasteiger partial charge in [0.2, 0.25) is 5.92 Å². The van der Waals surface area contributed by atoms with E-state index in [1.165, 1.54) is 12.8 Å². The molecule has 2 saturated carbocycles. The minimum atomic E-state index is -2.37. The zero-order chi connectivity index (χ0) is 14.4. The van der Waals surface area contributed by atoms with E-state index in [0.29, 0.717) is 11.5 Å². The molecular formula is C16H27F2NO. The Hall–Kier alpha value is -0.220. The lowest BCUT2D eigenvalue weighted by Crippen LogP contribution is -2.53. The number of hydrogen-bond acceptors (Lipinski definition) is 2. The third kappa shape index (κ3) is 3.16. The molecule has 0 N–H and O–H groups in total. The van der Waals surface area contributed by atoms with E-state index < -0.39 is 5.92 Å². The highest BCUT2D eigenvalue weighted by molar-refractivity contribution is 5.03. The molecule has 2 nitrogen and oxygen atoms in total. The summed E-state index contributed by atoms with van der Waals surface area (Å²) < 4.78 is 32.0. The summed E-state index contributed by atoms with van der Waals surface area (Å²) in [6, 6.07) is 0. The molecule has 1 saturated heterocycles. The highest BCUT2D eigenvalue weighted by Crippen LogP contribution is 2.57. The number of halogens is 2. The summed E-state index contributed by atoms with van der Waals surface area (Å²) in [5.74, 6) is -2.37. The largest absolute Gasteiger partial charge is 0.378 e. The van der Waals surface area contributed by atoms with Crippen molar-refractivity contribution in [2.45, 2.75) is 64.4 Å². The fraction of sp³-hybridized carbons (Fsp3) is 1.00. The summed E-state index contributed by atoms with van der Waals surface area (Å²) in [5, 5.41) is 0. The first kappa shape index (κ1) is 14.7. The van der Waals surface area contributed by atoms with Gasteiger partial charge < -0.3 is 9.64 Å². The van der Waals surface area contributed by atoms with Crippen LogP contribution >= 0.6 is 0 Å². The van der Waals surface area contributed by atoms with Gasteiger partial charge in [0, 0.05) is 24.8 Å². The van der Waals surface area contributed by atoms with E-state index in [2.05, 4.69) is 18.7 Å². The van der Waals surface area contributed by atoms with Crippen molar-refractivity contribution < 1.29 is 13.5 Å². The van der Waals surface area contributed by atoms with E-state index in [0.717, 1.165) is 39.1 Å². The predicted molar refractivity (Wildman–Crippen MR) is 75.0 cm³/mol. The zero-order valence-electron chi connectivity index (χ0n) is 12.8. The van der Waals surface area contributed by atoms with Gasteiger partial charge in [0.25, 0.3) is 0 Å². The van der Waals surface area contributed by atoms with Crippen LogP contribution < -0.4 is 0 Å². The first-order chi connectivity index (χ1) is 9.32. The lowest BCUT2D eigenvalue weighted by atomic mass is 9.61. The van der Waals surface area contributed by atoms with Gasteiger partial charge >= 0.3 is 0 Å². The van der Waals surface area contributed by atoms with Crippen LogP contribution in [0, 0.1) is 10.8 Å². The van der Waals surface area contributed by atoms with Gasteiger partial charge in [-0.1, -0.05) is 0 Å². The quantitative estimate of drug-likeness (QED) is 0.764. The first-order valence-corrected chi connectivity index (χ1v) is 8.04. The maximum absolute atomic E-state index is 13.1. The normalized spacial score (nSPS) is 30.4. The van der Waals surface area contributed by atoms with Crippen LogP contribution in [0.4, 0.5) is 8.78 Å². The van der Waals surface area contributed by atoms with Crippen LogP contribution in [0.5, 0.6) is 0 Å². The van der Waals surface area contributed by atoms with Gasteiger partial charge in [-0.2, -0.15) is 0 Å². The molecule has 1 heterocycles. The highest BCUT2D eigenvalue weighted by atomic mass is 19.3. The van der Waals surface area contributed by atoms with Crippen LogP contribution in [0.1, 0.15) is 52.4 Å². The van der Waals surface area contributed by atoms with Crippen LogP contribution in [-0.2, 0) is 4.74 Å². The van der Waals surface area contributed by atoms with Crippen molar-refractivity contribution in [1.29, 1.82) is 0 Å². The van der Waals surface area contributed by atoms with Gasteiger partial charge in [0.1, 0.15) is 0 Å². The van der Waals surface area contributed by atoms with Gasteiger partial charge in [0.15, 0.2) is 0 Å². The minimum Gasteiger partial charge on any atom is -0.378 e. The Kier molecular flexibility index (Phi) is 3.61. The van der Waals surface area contributed by atoms with Gasteiger partial charge in [-0.05, 0) is 58.0 Å². The SMILES string of the molecule is CC(C)OCC1(CN2CCC3(CC2)CC(F)(F)C3)CC1. The highest BCUT2D eigenvalue weighted by Gasteiger charge is 2.57. The number of rotatable bonds is 5. The van der Waals surface area contributed by atoms with Gasteiger partial charge in [-0.15, -0.1) is 0 Å². The molecule has 2 aliphatic carbocycles. The Bertz CT molecular complexity index is 347. The van der Waals surface area contributed by atoms with Crippen molar-refractivity contribution in [1.82, 2.24) is 4.90 Å². The lowest BCUT2D eigenvalue weighted by Gasteiger charge is -2.52. The lowest BCUT2D eigenvalue weighted by molar-refractivity contribution is -0.178. The molecule has 0 unspecified atom stereocenters. The molecule has 3 fully saturated rings. The van der Waals surface area contributed by atoms with Crippen LogP contribution in [0.25, 0.3) is 0 Å². The Balaban J connectivity index is 1.43. The van der Waals surface area contributed by atoms with Crippen molar-refractivity contribution in [3.8, 4) is 0 Å². The second-order valence-corrected chi connectivity index (χ2v) is 7.85. The topological polar surface area (TPSA) is 12.5 Å². The van der Waals surface area contributed by atoms with E-state index >= 15 is 0 Å². The molecule has 3 aliphatic rings. The summed E-state index contributed by atoms with van der Waals surface area (Å²) in [6.45, 7) is 8.13.